The predicted molar refractivity (Wildman–Crippen MR) is 83.3 cm³/mol. The monoisotopic (exact) mass is 305 g/mol. The summed E-state index contributed by atoms with van der Waals surface area (Å²) in [7, 11) is -1.61. The van der Waals surface area contributed by atoms with Gasteiger partial charge in [0.05, 0.1) is 18.0 Å². The number of nitrogens with two attached hydrogens (primary N) is 1. The molecule has 0 aliphatic heterocycles. The van der Waals surface area contributed by atoms with Crippen LogP contribution in [-0.4, -0.2) is 21.8 Å². The van der Waals surface area contributed by atoms with Crippen LogP contribution < -0.4 is 10.5 Å². The average Bonchev–Trinajstić information content (AvgIpc) is 2.45. The zero-order valence-corrected chi connectivity index (χ0v) is 13.1. The number of benzene rings is 2. The van der Waals surface area contributed by atoms with E-state index in [1.165, 1.54) is 6.26 Å². The molecule has 0 amide bonds. The summed E-state index contributed by atoms with van der Waals surface area (Å²) < 4.78 is 28.5. The van der Waals surface area contributed by atoms with E-state index in [0.717, 1.165) is 22.4 Å². The number of methoxy groups -OCH3 is 1. The highest BCUT2D eigenvalue weighted by atomic mass is 32.2. The maximum Gasteiger partial charge on any atom is 0.175 e. The Kier molecular flexibility index (Phi) is 4.34. The topological polar surface area (TPSA) is 69.4 Å². The molecule has 21 heavy (non-hydrogen) atoms. The first-order valence-corrected chi connectivity index (χ1v) is 8.42. The highest BCUT2D eigenvalue weighted by Crippen LogP contribution is 2.26. The summed E-state index contributed by atoms with van der Waals surface area (Å²) in [6.45, 7) is 1.95. The summed E-state index contributed by atoms with van der Waals surface area (Å²) in [6, 6.07) is 12.1. The van der Waals surface area contributed by atoms with Crippen LogP contribution in [0.3, 0.4) is 0 Å². The summed E-state index contributed by atoms with van der Waals surface area (Å²) >= 11 is 0. The maximum atomic E-state index is 11.6. The van der Waals surface area contributed by atoms with Gasteiger partial charge in [-0.1, -0.05) is 24.3 Å². The number of hydrogen-bond acceptors (Lipinski definition) is 4. The van der Waals surface area contributed by atoms with Gasteiger partial charge in [-0.25, -0.2) is 8.42 Å². The zero-order valence-electron chi connectivity index (χ0n) is 12.3. The molecule has 112 valence electrons. The van der Waals surface area contributed by atoms with Crippen LogP contribution in [0.25, 0.3) is 0 Å². The van der Waals surface area contributed by atoms with Crippen molar-refractivity contribution in [3.63, 3.8) is 0 Å². The van der Waals surface area contributed by atoms with Crippen molar-refractivity contribution in [2.24, 2.45) is 5.73 Å². The van der Waals surface area contributed by atoms with Crippen molar-refractivity contribution in [1.82, 2.24) is 0 Å². The van der Waals surface area contributed by atoms with E-state index in [9.17, 15) is 8.42 Å². The molecular formula is C16H19NO3S. The van der Waals surface area contributed by atoms with Crippen LogP contribution in [0.1, 0.15) is 22.7 Å². The Balaban J connectivity index is 2.40. The number of hydrogen-bond donors (Lipinski definition) is 1. The van der Waals surface area contributed by atoms with Crippen molar-refractivity contribution in [2.45, 2.75) is 17.9 Å². The van der Waals surface area contributed by atoms with E-state index in [2.05, 4.69) is 0 Å². The third-order valence-electron chi connectivity index (χ3n) is 3.42. The van der Waals surface area contributed by atoms with Gasteiger partial charge in [0.2, 0.25) is 0 Å². The lowest BCUT2D eigenvalue weighted by atomic mass is 9.98. The second-order valence-electron chi connectivity index (χ2n) is 5.05. The van der Waals surface area contributed by atoms with Gasteiger partial charge in [-0.2, -0.15) is 0 Å². The molecule has 2 aromatic rings. The minimum absolute atomic E-state index is 0.278. The summed E-state index contributed by atoms with van der Waals surface area (Å²) in [5.74, 6) is 0.802. The first-order chi connectivity index (χ1) is 9.82. The SMILES string of the molecule is COc1ccc(C(N)c2cccc(S(C)(=O)=O)c2)cc1C. The van der Waals surface area contributed by atoms with Crippen LogP contribution in [0, 0.1) is 6.92 Å². The molecule has 0 spiro atoms. The van der Waals surface area contributed by atoms with E-state index in [0.29, 0.717) is 0 Å². The largest absolute Gasteiger partial charge is 0.496 e. The number of sulfone groups is 1. The normalized spacial score (nSPS) is 13.0. The van der Waals surface area contributed by atoms with Gasteiger partial charge < -0.3 is 10.5 Å². The first-order valence-electron chi connectivity index (χ1n) is 6.53. The standard InChI is InChI=1S/C16H19NO3S/c1-11-9-13(7-8-15(11)20-2)16(17)12-5-4-6-14(10-12)21(3,18)19/h4-10,16H,17H2,1-3H3. The summed E-state index contributed by atoms with van der Waals surface area (Å²) in [5, 5.41) is 0. The smallest absolute Gasteiger partial charge is 0.175 e. The van der Waals surface area contributed by atoms with Gasteiger partial charge in [0.1, 0.15) is 5.75 Å². The van der Waals surface area contributed by atoms with Crippen LogP contribution in [0.4, 0.5) is 0 Å². The lowest BCUT2D eigenvalue weighted by Gasteiger charge is -2.15. The minimum Gasteiger partial charge on any atom is -0.496 e. The van der Waals surface area contributed by atoms with Crippen LogP contribution in [0.5, 0.6) is 5.75 Å². The highest BCUT2D eigenvalue weighted by molar-refractivity contribution is 7.90. The molecule has 0 saturated heterocycles. The molecule has 2 rings (SSSR count). The molecule has 0 aliphatic rings. The quantitative estimate of drug-likeness (QED) is 0.942. The van der Waals surface area contributed by atoms with Crippen molar-refractivity contribution >= 4 is 9.84 Å². The van der Waals surface area contributed by atoms with Gasteiger partial charge in [-0.05, 0) is 41.8 Å². The Morgan fingerprint density at radius 3 is 2.33 bits per heavy atom. The molecule has 1 unspecified atom stereocenters. The van der Waals surface area contributed by atoms with Crippen molar-refractivity contribution < 1.29 is 13.2 Å². The fourth-order valence-electron chi connectivity index (χ4n) is 2.23. The summed E-state index contributed by atoms with van der Waals surface area (Å²) in [6.07, 6.45) is 1.19. The van der Waals surface area contributed by atoms with Crippen molar-refractivity contribution in [1.29, 1.82) is 0 Å². The molecule has 2 aromatic carbocycles. The van der Waals surface area contributed by atoms with Crippen LogP contribution in [0.2, 0.25) is 0 Å². The third-order valence-corrected chi connectivity index (χ3v) is 4.53. The molecule has 1 atom stereocenters. The molecule has 0 bridgehead atoms. The van der Waals surface area contributed by atoms with Gasteiger partial charge >= 0.3 is 0 Å². The first kappa shape index (κ1) is 15.5. The van der Waals surface area contributed by atoms with E-state index < -0.39 is 9.84 Å². The number of aryl methyl sites for hydroxylation is 1. The second-order valence-corrected chi connectivity index (χ2v) is 7.07. The Bertz CT molecular complexity index is 754. The summed E-state index contributed by atoms with van der Waals surface area (Å²) in [5.41, 5.74) is 8.93. The van der Waals surface area contributed by atoms with Gasteiger partial charge in [0, 0.05) is 6.26 Å². The fraction of sp³-hybridized carbons (Fsp3) is 0.250. The minimum atomic E-state index is -3.24. The Morgan fingerprint density at radius 1 is 1.10 bits per heavy atom. The van der Waals surface area contributed by atoms with Gasteiger partial charge in [-0.3, -0.25) is 0 Å². The van der Waals surface area contributed by atoms with Crippen LogP contribution >= 0.6 is 0 Å². The van der Waals surface area contributed by atoms with Crippen molar-refractivity contribution in [2.75, 3.05) is 13.4 Å². The lowest BCUT2D eigenvalue weighted by Crippen LogP contribution is -2.13. The van der Waals surface area contributed by atoms with E-state index >= 15 is 0 Å². The molecule has 0 fully saturated rings. The fourth-order valence-corrected chi connectivity index (χ4v) is 2.90. The zero-order chi connectivity index (χ0) is 15.6. The molecule has 0 aromatic heterocycles. The summed E-state index contributed by atoms with van der Waals surface area (Å²) in [4.78, 5) is 0.278. The third kappa shape index (κ3) is 3.43. The Labute approximate surface area is 125 Å². The van der Waals surface area contributed by atoms with Crippen LogP contribution in [0.15, 0.2) is 47.4 Å². The van der Waals surface area contributed by atoms with E-state index in [-0.39, 0.29) is 10.9 Å². The molecule has 2 N–H and O–H groups in total. The van der Waals surface area contributed by atoms with Crippen LogP contribution in [-0.2, 0) is 9.84 Å². The average molecular weight is 305 g/mol. The highest BCUT2D eigenvalue weighted by Gasteiger charge is 2.14. The Morgan fingerprint density at radius 2 is 1.76 bits per heavy atom. The molecule has 0 heterocycles. The predicted octanol–water partition coefficient (Wildman–Crippen LogP) is 2.46. The van der Waals surface area contributed by atoms with E-state index in [4.69, 9.17) is 10.5 Å². The molecule has 5 heteroatoms. The maximum absolute atomic E-state index is 11.6. The molecule has 0 radical (unpaired) electrons. The van der Waals surface area contributed by atoms with Gasteiger partial charge in [0.25, 0.3) is 0 Å². The van der Waals surface area contributed by atoms with Crippen molar-refractivity contribution in [3.8, 4) is 5.75 Å². The number of rotatable bonds is 4. The van der Waals surface area contributed by atoms with E-state index in [1.807, 2.05) is 31.2 Å². The lowest BCUT2D eigenvalue weighted by molar-refractivity contribution is 0.411. The van der Waals surface area contributed by atoms with Gasteiger partial charge in [0.15, 0.2) is 9.84 Å². The second kappa shape index (κ2) is 5.87. The molecule has 4 nitrogen and oxygen atoms in total. The number of ether oxygens (including phenoxy) is 1. The molecular weight excluding hydrogens is 286 g/mol. The van der Waals surface area contributed by atoms with E-state index in [1.54, 1.807) is 25.3 Å². The molecule has 0 saturated carbocycles. The Hall–Kier alpha value is -1.85. The van der Waals surface area contributed by atoms with Gasteiger partial charge in [-0.15, -0.1) is 0 Å². The molecule has 0 aliphatic carbocycles. The van der Waals surface area contributed by atoms with Crippen molar-refractivity contribution in [3.05, 3.63) is 59.2 Å².